The molecule has 0 saturated carbocycles. The van der Waals surface area contributed by atoms with Crippen LogP contribution in [0.3, 0.4) is 0 Å². The number of ketones is 1. The predicted molar refractivity (Wildman–Crippen MR) is 71.8 cm³/mol. The van der Waals surface area contributed by atoms with Crippen molar-refractivity contribution in [2.24, 2.45) is 12.8 Å². The second-order valence-electron chi connectivity index (χ2n) is 3.96. The van der Waals surface area contributed by atoms with Crippen LogP contribution >= 0.6 is 15.9 Å². The Labute approximate surface area is 110 Å². The van der Waals surface area contributed by atoms with Gasteiger partial charge < -0.3 is 5.73 Å². The normalized spacial score (nSPS) is 12.5. The van der Waals surface area contributed by atoms with Crippen molar-refractivity contribution in [1.82, 2.24) is 9.78 Å². The third-order valence-electron chi connectivity index (χ3n) is 2.68. The Morgan fingerprint density at radius 2 is 2.35 bits per heavy atom. The first-order valence-electron chi connectivity index (χ1n) is 5.60. The highest BCUT2D eigenvalue weighted by Crippen LogP contribution is 2.22. The van der Waals surface area contributed by atoms with Crippen LogP contribution in [0.4, 0.5) is 0 Å². The number of aromatic nitrogens is 2. The van der Waals surface area contributed by atoms with Crippen molar-refractivity contribution in [3.8, 4) is 0 Å². The molecule has 0 bridgehead atoms. The molecule has 0 radical (unpaired) electrons. The van der Waals surface area contributed by atoms with Gasteiger partial charge in [0, 0.05) is 7.05 Å². The Morgan fingerprint density at radius 3 is 2.82 bits per heavy atom. The second kappa shape index (κ2) is 6.12. The molecule has 1 aromatic heterocycles. The van der Waals surface area contributed by atoms with Gasteiger partial charge in [-0.25, -0.2) is 0 Å². The van der Waals surface area contributed by atoms with Gasteiger partial charge >= 0.3 is 0 Å². The number of hydrogen-bond acceptors (Lipinski definition) is 3. The van der Waals surface area contributed by atoms with Gasteiger partial charge in [0.1, 0.15) is 0 Å². The lowest BCUT2D eigenvalue weighted by molar-refractivity contribution is -0.119. The van der Waals surface area contributed by atoms with E-state index in [2.05, 4.69) is 27.6 Å². The molecule has 4 nitrogen and oxygen atoms in total. The third-order valence-corrected chi connectivity index (χ3v) is 3.59. The third kappa shape index (κ3) is 3.26. The summed E-state index contributed by atoms with van der Waals surface area (Å²) in [6.07, 6.45) is 3.31. The number of nitrogens with two attached hydrogens (primary N) is 1. The van der Waals surface area contributed by atoms with E-state index >= 15 is 0 Å². The second-order valence-corrected chi connectivity index (χ2v) is 4.75. The van der Waals surface area contributed by atoms with Gasteiger partial charge in [0.15, 0.2) is 5.78 Å². The van der Waals surface area contributed by atoms with Crippen LogP contribution in [0.1, 0.15) is 24.7 Å². The van der Waals surface area contributed by atoms with Gasteiger partial charge in [0.25, 0.3) is 0 Å². The number of nitrogens with zero attached hydrogens (tertiary/aromatic N) is 2. The summed E-state index contributed by atoms with van der Waals surface area (Å²) in [7, 11) is 1.84. The van der Waals surface area contributed by atoms with Crippen LogP contribution in [-0.2, 0) is 24.7 Å². The van der Waals surface area contributed by atoms with Gasteiger partial charge in [-0.3, -0.25) is 9.48 Å². The van der Waals surface area contributed by atoms with Gasteiger partial charge in [-0.2, -0.15) is 5.10 Å². The zero-order valence-corrected chi connectivity index (χ0v) is 11.8. The molecule has 0 saturated heterocycles. The van der Waals surface area contributed by atoms with E-state index in [1.54, 1.807) is 10.8 Å². The molecule has 1 atom stereocenters. The standard InChI is InChI=1S/C12H18BrN3O/c1-4-6-8(14)11(17)7-10-12(13)9(5-2)15-16(10)3/h4,8H,1,5-7,14H2,2-3H3. The fraction of sp³-hybridized carbons (Fsp3) is 0.500. The highest BCUT2D eigenvalue weighted by Gasteiger charge is 2.19. The zero-order chi connectivity index (χ0) is 13.0. The summed E-state index contributed by atoms with van der Waals surface area (Å²) in [6, 6.07) is -0.473. The Hall–Kier alpha value is -0.940. The quantitative estimate of drug-likeness (QED) is 0.814. The molecule has 0 amide bonds. The molecular weight excluding hydrogens is 282 g/mol. The first-order valence-corrected chi connectivity index (χ1v) is 6.40. The minimum atomic E-state index is -0.473. The molecule has 1 unspecified atom stereocenters. The van der Waals surface area contributed by atoms with E-state index in [-0.39, 0.29) is 5.78 Å². The molecule has 17 heavy (non-hydrogen) atoms. The maximum Gasteiger partial charge on any atom is 0.155 e. The summed E-state index contributed by atoms with van der Waals surface area (Å²) in [5, 5.41) is 4.34. The van der Waals surface area contributed by atoms with Crippen molar-refractivity contribution in [2.45, 2.75) is 32.2 Å². The number of halogens is 1. The van der Waals surface area contributed by atoms with Crippen LogP contribution in [0.5, 0.6) is 0 Å². The molecule has 2 N–H and O–H groups in total. The van der Waals surface area contributed by atoms with E-state index < -0.39 is 6.04 Å². The zero-order valence-electron chi connectivity index (χ0n) is 10.2. The minimum Gasteiger partial charge on any atom is -0.321 e. The van der Waals surface area contributed by atoms with Crippen LogP contribution in [-0.4, -0.2) is 21.6 Å². The van der Waals surface area contributed by atoms with Crippen LogP contribution in [0, 0.1) is 0 Å². The summed E-state index contributed by atoms with van der Waals surface area (Å²) in [5.74, 6) is 0.0104. The van der Waals surface area contributed by atoms with Crippen LogP contribution in [0.15, 0.2) is 17.1 Å². The Balaban J connectivity index is 2.84. The lowest BCUT2D eigenvalue weighted by Gasteiger charge is -2.08. The first-order chi connectivity index (χ1) is 8.01. The number of rotatable bonds is 6. The first kappa shape index (κ1) is 14.1. The molecule has 0 aromatic carbocycles. The van der Waals surface area contributed by atoms with Gasteiger partial charge in [-0.15, -0.1) is 6.58 Å². The number of carbonyl (C=O) groups is 1. The Kier molecular flexibility index (Phi) is 5.08. The molecule has 0 aliphatic carbocycles. The monoisotopic (exact) mass is 299 g/mol. The molecule has 1 heterocycles. The number of carbonyl (C=O) groups excluding carboxylic acids is 1. The van der Waals surface area contributed by atoms with E-state index in [9.17, 15) is 4.79 Å². The molecular formula is C12H18BrN3O. The molecule has 0 fully saturated rings. The van der Waals surface area contributed by atoms with Crippen molar-refractivity contribution >= 4 is 21.7 Å². The van der Waals surface area contributed by atoms with Crippen LogP contribution in [0.2, 0.25) is 0 Å². The van der Waals surface area contributed by atoms with Gasteiger partial charge in [-0.1, -0.05) is 13.0 Å². The number of hydrogen-bond donors (Lipinski definition) is 1. The summed E-state index contributed by atoms with van der Waals surface area (Å²) in [5.41, 5.74) is 7.60. The predicted octanol–water partition coefficient (Wildman–Crippen LogP) is 1.76. The summed E-state index contributed by atoms with van der Waals surface area (Å²) in [6.45, 7) is 5.61. The molecule has 1 aromatic rings. The molecule has 94 valence electrons. The van der Waals surface area contributed by atoms with Gasteiger partial charge in [0.05, 0.1) is 28.3 Å². The minimum absolute atomic E-state index is 0.0104. The molecule has 0 spiro atoms. The summed E-state index contributed by atoms with van der Waals surface area (Å²) >= 11 is 3.48. The molecule has 5 heteroatoms. The highest BCUT2D eigenvalue weighted by atomic mass is 79.9. The van der Waals surface area contributed by atoms with E-state index in [4.69, 9.17) is 5.73 Å². The molecule has 0 aliphatic rings. The summed E-state index contributed by atoms with van der Waals surface area (Å²) in [4.78, 5) is 11.9. The fourth-order valence-electron chi connectivity index (χ4n) is 1.62. The number of aryl methyl sites for hydroxylation is 2. The lowest BCUT2D eigenvalue weighted by atomic mass is 10.1. The average Bonchev–Trinajstić information content (AvgIpc) is 2.56. The molecule has 0 aliphatic heterocycles. The maximum absolute atomic E-state index is 11.9. The van der Waals surface area contributed by atoms with E-state index in [1.165, 1.54) is 0 Å². The van der Waals surface area contributed by atoms with Gasteiger partial charge in [0.2, 0.25) is 0 Å². The van der Waals surface area contributed by atoms with Crippen molar-refractivity contribution in [3.05, 3.63) is 28.5 Å². The van der Waals surface area contributed by atoms with E-state index in [1.807, 2.05) is 14.0 Å². The molecule has 1 rings (SSSR count). The van der Waals surface area contributed by atoms with E-state index in [0.29, 0.717) is 12.8 Å². The van der Waals surface area contributed by atoms with Crippen molar-refractivity contribution in [2.75, 3.05) is 0 Å². The van der Waals surface area contributed by atoms with Crippen molar-refractivity contribution in [3.63, 3.8) is 0 Å². The van der Waals surface area contributed by atoms with Crippen molar-refractivity contribution < 1.29 is 4.79 Å². The Morgan fingerprint density at radius 1 is 1.71 bits per heavy atom. The van der Waals surface area contributed by atoms with Crippen LogP contribution in [0.25, 0.3) is 0 Å². The van der Waals surface area contributed by atoms with Crippen LogP contribution < -0.4 is 5.73 Å². The fourth-order valence-corrected chi connectivity index (χ4v) is 2.38. The largest absolute Gasteiger partial charge is 0.321 e. The number of Topliss-reactive ketones (excluding diaryl/α,β-unsaturated/α-hetero) is 1. The Bertz CT molecular complexity index is 426. The average molecular weight is 300 g/mol. The summed E-state index contributed by atoms with van der Waals surface area (Å²) < 4.78 is 2.66. The lowest BCUT2D eigenvalue weighted by Crippen LogP contribution is -2.31. The topological polar surface area (TPSA) is 60.9 Å². The maximum atomic E-state index is 11.9. The van der Waals surface area contributed by atoms with Gasteiger partial charge in [-0.05, 0) is 28.8 Å². The SMILES string of the molecule is C=CCC(N)C(=O)Cc1c(Br)c(CC)nn1C. The smallest absolute Gasteiger partial charge is 0.155 e. The van der Waals surface area contributed by atoms with Crippen molar-refractivity contribution in [1.29, 1.82) is 0 Å². The highest BCUT2D eigenvalue weighted by molar-refractivity contribution is 9.10. The van der Waals surface area contributed by atoms with E-state index in [0.717, 1.165) is 22.3 Å².